The summed E-state index contributed by atoms with van der Waals surface area (Å²) in [5, 5.41) is 3.92. The van der Waals surface area contributed by atoms with Gasteiger partial charge in [0.2, 0.25) is 10.0 Å². The predicted molar refractivity (Wildman–Crippen MR) is 68.6 cm³/mol. The van der Waals surface area contributed by atoms with Crippen LogP contribution in [-0.4, -0.2) is 49.3 Å². The van der Waals surface area contributed by atoms with E-state index in [9.17, 15) is 8.42 Å². The highest BCUT2D eigenvalue weighted by Gasteiger charge is 2.31. The molecule has 18 heavy (non-hydrogen) atoms. The molecular weight excluding hydrogens is 256 g/mol. The molecule has 104 valence electrons. The number of sulfonamides is 1. The lowest BCUT2D eigenvalue weighted by Crippen LogP contribution is -2.38. The lowest BCUT2D eigenvalue weighted by molar-refractivity contribution is 0.149. The summed E-state index contributed by atoms with van der Waals surface area (Å²) < 4.78 is 32.5. The van der Waals surface area contributed by atoms with Crippen molar-refractivity contribution >= 4 is 15.8 Å². The topological polar surface area (TPSA) is 90.4 Å². The van der Waals surface area contributed by atoms with E-state index in [1.54, 1.807) is 20.9 Å². The maximum absolute atomic E-state index is 12.4. The molecule has 0 bridgehead atoms. The molecule has 0 saturated carbocycles. The van der Waals surface area contributed by atoms with Crippen molar-refractivity contribution < 1.29 is 13.2 Å². The summed E-state index contributed by atoms with van der Waals surface area (Å²) in [5.74, 6) is 0.0199. The van der Waals surface area contributed by atoms with E-state index in [1.165, 1.54) is 23.1 Å². The Labute approximate surface area is 108 Å². The molecule has 0 aliphatic carbocycles. The van der Waals surface area contributed by atoms with Gasteiger partial charge in [-0.15, -0.1) is 0 Å². The van der Waals surface area contributed by atoms with Gasteiger partial charge in [-0.3, -0.25) is 4.68 Å². The van der Waals surface area contributed by atoms with Crippen LogP contribution in [0.2, 0.25) is 0 Å². The summed E-state index contributed by atoms with van der Waals surface area (Å²) in [5.41, 5.74) is 6.19. The van der Waals surface area contributed by atoms with Gasteiger partial charge in [0.25, 0.3) is 0 Å². The number of ether oxygens (including phenoxy) is 1. The molecule has 1 heterocycles. The van der Waals surface area contributed by atoms with Gasteiger partial charge in [0.05, 0.1) is 12.3 Å². The molecule has 0 aliphatic rings. The number of aromatic nitrogens is 2. The number of nitrogen functional groups attached to an aromatic ring is 1. The maximum atomic E-state index is 12.4. The highest BCUT2D eigenvalue weighted by molar-refractivity contribution is 7.89. The second-order valence-corrected chi connectivity index (χ2v) is 6.18. The van der Waals surface area contributed by atoms with Crippen LogP contribution in [0.25, 0.3) is 0 Å². The molecule has 1 unspecified atom stereocenters. The van der Waals surface area contributed by atoms with E-state index in [4.69, 9.17) is 10.5 Å². The first-order valence-corrected chi connectivity index (χ1v) is 6.93. The molecule has 0 saturated heterocycles. The van der Waals surface area contributed by atoms with Gasteiger partial charge < -0.3 is 10.5 Å². The number of hydrogen-bond donors (Lipinski definition) is 1. The maximum Gasteiger partial charge on any atom is 0.248 e. The average molecular weight is 276 g/mol. The third kappa shape index (κ3) is 2.50. The summed E-state index contributed by atoms with van der Waals surface area (Å²) in [4.78, 5) is 0.0652. The Morgan fingerprint density at radius 3 is 2.50 bits per heavy atom. The van der Waals surface area contributed by atoms with Crippen molar-refractivity contribution in [2.75, 3.05) is 26.5 Å². The third-order valence-corrected chi connectivity index (χ3v) is 5.11. The number of anilines is 1. The number of methoxy groups -OCH3 is 1. The van der Waals surface area contributed by atoms with Crippen LogP contribution in [0.15, 0.2) is 4.90 Å². The Morgan fingerprint density at radius 2 is 2.11 bits per heavy atom. The molecule has 0 fully saturated rings. The first-order chi connectivity index (χ1) is 8.23. The number of hydrogen-bond acceptors (Lipinski definition) is 5. The van der Waals surface area contributed by atoms with Crippen LogP contribution in [0.1, 0.15) is 12.6 Å². The summed E-state index contributed by atoms with van der Waals surface area (Å²) >= 11 is 0. The Kier molecular flexibility index (Phi) is 4.36. The normalized spacial score (nSPS) is 14.1. The molecule has 8 heteroatoms. The van der Waals surface area contributed by atoms with Crippen molar-refractivity contribution in [3.63, 3.8) is 0 Å². The fourth-order valence-electron chi connectivity index (χ4n) is 1.66. The van der Waals surface area contributed by atoms with Crippen molar-refractivity contribution in [2.45, 2.75) is 24.8 Å². The molecule has 1 rings (SSSR count). The molecule has 7 nitrogen and oxygen atoms in total. The van der Waals surface area contributed by atoms with Crippen LogP contribution < -0.4 is 5.73 Å². The number of rotatable bonds is 5. The van der Waals surface area contributed by atoms with Gasteiger partial charge >= 0.3 is 0 Å². The van der Waals surface area contributed by atoms with Crippen LogP contribution in [0.5, 0.6) is 0 Å². The Balaban J connectivity index is 3.21. The predicted octanol–water partition coefficient (Wildman–Crippen LogP) is -0.0339. The fraction of sp³-hybridized carbons (Fsp3) is 0.700. The number of aryl methyl sites for hydroxylation is 1. The van der Waals surface area contributed by atoms with Gasteiger partial charge in [0.1, 0.15) is 4.90 Å². The van der Waals surface area contributed by atoms with Crippen molar-refractivity contribution in [3.8, 4) is 0 Å². The first-order valence-electron chi connectivity index (χ1n) is 5.49. The minimum absolute atomic E-state index is 0.0199. The standard InChI is InChI=1S/C10H20N4O3S/c1-7(6-17-5)14(4)18(15,16)9-8(2)13(3)12-10(9)11/h7H,6H2,1-5H3,(H2,11,12). The van der Waals surface area contributed by atoms with Gasteiger partial charge in [-0.25, -0.2) is 8.42 Å². The Morgan fingerprint density at radius 1 is 1.56 bits per heavy atom. The molecular formula is C10H20N4O3S. The van der Waals surface area contributed by atoms with E-state index in [1.807, 2.05) is 0 Å². The molecule has 0 aliphatic heterocycles. The number of nitrogens with two attached hydrogens (primary N) is 1. The van der Waals surface area contributed by atoms with Crippen molar-refractivity contribution in [3.05, 3.63) is 5.69 Å². The number of likely N-dealkylation sites (N-methyl/N-ethyl adjacent to an activating group) is 1. The smallest absolute Gasteiger partial charge is 0.248 e. The molecule has 0 radical (unpaired) electrons. The van der Waals surface area contributed by atoms with Crippen LogP contribution >= 0.6 is 0 Å². The van der Waals surface area contributed by atoms with Crippen molar-refractivity contribution in [2.24, 2.45) is 7.05 Å². The lowest BCUT2D eigenvalue weighted by Gasteiger charge is -2.23. The quantitative estimate of drug-likeness (QED) is 0.815. The van der Waals surface area contributed by atoms with Crippen molar-refractivity contribution in [1.82, 2.24) is 14.1 Å². The molecule has 2 N–H and O–H groups in total. The van der Waals surface area contributed by atoms with Gasteiger partial charge in [0.15, 0.2) is 5.82 Å². The molecule has 1 aromatic heterocycles. The van der Waals surface area contributed by atoms with Gasteiger partial charge in [-0.05, 0) is 13.8 Å². The van der Waals surface area contributed by atoms with E-state index < -0.39 is 10.0 Å². The summed E-state index contributed by atoms with van der Waals surface area (Å²) in [6, 6.07) is -0.279. The lowest BCUT2D eigenvalue weighted by atomic mass is 10.4. The van der Waals surface area contributed by atoms with E-state index >= 15 is 0 Å². The van der Waals surface area contributed by atoms with Gasteiger partial charge in [-0.2, -0.15) is 9.40 Å². The molecule has 1 aromatic rings. The molecule has 0 amide bonds. The second kappa shape index (κ2) is 5.25. The summed E-state index contributed by atoms with van der Waals surface area (Å²) in [7, 11) is 1.03. The van der Waals surface area contributed by atoms with E-state index in [0.717, 1.165) is 0 Å². The summed E-state index contributed by atoms with van der Waals surface area (Å²) in [6.45, 7) is 3.75. The zero-order valence-corrected chi connectivity index (χ0v) is 12.2. The SMILES string of the molecule is COCC(C)N(C)S(=O)(=O)c1c(N)nn(C)c1C. The van der Waals surface area contributed by atoms with E-state index in [-0.39, 0.29) is 16.8 Å². The van der Waals surface area contributed by atoms with Crippen molar-refractivity contribution in [1.29, 1.82) is 0 Å². The minimum atomic E-state index is -3.66. The second-order valence-electron chi connectivity index (χ2n) is 4.25. The third-order valence-electron chi connectivity index (χ3n) is 2.97. The Hall–Kier alpha value is -1.12. The largest absolute Gasteiger partial charge is 0.383 e. The first kappa shape index (κ1) is 14.9. The van der Waals surface area contributed by atoms with E-state index in [2.05, 4.69) is 5.10 Å². The van der Waals surface area contributed by atoms with Crippen LogP contribution in [0, 0.1) is 6.92 Å². The van der Waals surface area contributed by atoms with Crippen LogP contribution in [-0.2, 0) is 21.8 Å². The fourth-order valence-corrected chi connectivity index (χ4v) is 3.29. The van der Waals surface area contributed by atoms with Crippen LogP contribution in [0.4, 0.5) is 5.82 Å². The highest BCUT2D eigenvalue weighted by Crippen LogP contribution is 2.25. The Bertz CT molecular complexity index is 523. The molecule has 0 aromatic carbocycles. The zero-order chi connectivity index (χ0) is 14.1. The number of nitrogens with zero attached hydrogens (tertiary/aromatic N) is 3. The van der Waals surface area contributed by atoms with Crippen LogP contribution in [0.3, 0.4) is 0 Å². The molecule has 1 atom stereocenters. The van der Waals surface area contributed by atoms with E-state index in [0.29, 0.717) is 12.3 Å². The van der Waals surface area contributed by atoms with Gasteiger partial charge in [-0.1, -0.05) is 0 Å². The summed E-state index contributed by atoms with van der Waals surface area (Å²) in [6.07, 6.45) is 0. The highest BCUT2D eigenvalue weighted by atomic mass is 32.2. The van der Waals surface area contributed by atoms with Gasteiger partial charge in [0, 0.05) is 27.2 Å². The monoisotopic (exact) mass is 276 g/mol. The zero-order valence-electron chi connectivity index (χ0n) is 11.3. The minimum Gasteiger partial charge on any atom is -0.383 e. The average Bonchev–Trinajstić information content (AvgIpc) is 2.52. The molecule has 0 spiro atoms.